The number of aryl methyl sites for hydroxylation is 2. The van der Waals surface area contributed by atoms with E-state index in [4.69, 9.17) is 11.6 Å². The average Bonchev–Trinajstić information content (AvgIpc) is 2.68. The third-order valence-corrected chi connectivity index (χ3v) is 5.12. The first-order valence-electron chi connectivity index (χ1n) is 9.64. The SMILES string of the molecule is Cc1cc(C)cc(NC(=O)[C@H]2CC(=O)Nc3nc(Nc4ccc(Cl)cc4)[nH]c(=O)c32)c1. The lowest BCUT2D eigenvalue weighted by Gasteiger charge is -2.23. The topological polar surface area (TPSA) is 116 Å². The van der Waals surface area contributed by atoms with Crippen molar-refractivity contribution in [2.75, 3.05) is 16.0 Å². The molecular weight excluding hydrogens is 418 g/mol. The highest BCUT2D eigenvalue weighted by Crippen LogP contribution is 2.30. The molecule has 1 aliphatic heterocycles. The van der Waals surface area contributed by atoms with Gasteiger partial charge in [-0.05, 0) is 61.4 Å². The maximum absolute atomic E-state index is 13.0. The lowest BCUT2D eigenvalue weighted by molar-refractivity contribution is -0.123. The van der Waals surface area contributed by atoms with Crippen molar-refractivity contribution in [3.8, 4) is 0 Å². The van der Waals surface area contributed by atoms with Crippen molar-refractivity contribution in [1.82, 2.24) is 9.97 Å². The minimum Gasteiger partial charge on any atom is -0.326 e. The van der Waals surface area contributed by atoms with E-state index < -0.39 is 17.4 Å². The van der Waals surface area contributed by atoms with Gasteiger partial charge in [-0.2, -0.15) is 4.98 Å². The first-order chi connectivity index (χ1) is 14.8. The summed E-state index contributed by atoms with van der Waals surface area (Å²) >= 11 is 5.89. The number of hydrogen-bond donors (Lipinski definition) is 4. The van der Waals surface area contributed by atoms with Gasteiger partial charge in [-0.1, -0.05) is 17.7 Å². The number of carbonyl (C=O) groups excluding carboxylic acids is 2. The zero-order valence-electron chi connectivity index (χ0n) is 16.9. The van der Waals surface area contributed by atoms with Crippen molar-refractivity contribution >= 4 is 46.6 Å². The van der Waals surface area contributed by atoms with E-state index in [1.165, 1.54) is 0 Å². The van der Waals surface area contributed by atoms with Crippen LogP contribution < -0.4 is 21.5 Å². The molecule has 1 aromatic heterocycles. The average molecular weight is 438 g/mol. The largest absolute Gasteiger partial charge is 0.326 e. The van der Waals surface area contributed by atoms with Crippen LogP contribution in [-0.4, -0.2) is 21.8 Å². The summed E-state index contributed by atoms with van der Waals surface area (Å²) in [5.41, 5.74) is 2.88. The van der Waals surface area contributed by atoms with Crippen LogP contribution in [0.4, 0.5) is 23.1 Å². The van der Waals surface area contributed by atoms with Crippen molar-refractivity contribution in [2.24, 2.45) is 0 Å². The molecule has 0 saturated heterocycles. The molecule has 8 nitrogen and oxygen atoms in total. The fourth-order valence-electron chi connectivity index (χ4n) is 3.60. The Morgan fingerprint density at radius 3 is 2.42 bits per heavy atom. The number of anilines is 4. The summed E-state index contributed by atoms with van der Waals surface area (Å²) in [5, 5.41) is 8.93. The van der Waals surface area contributed by atoms with E-state index in [1.54, 1.807) is 24.3 Å². The Bertz CT molecular complexity index is 1220. The number of aromatic amines is 1. The molecule has 4 N–H and O–H groups in total. The minimum atomic E-state index is -0.953. The highest BCUT2D eigenvalue weighted by Gasteiger charge is 2.34. The molecule has 4 rings (SSSR count). The highest BCUT2D eigenvalue weighted by molar-refractivity contribution is 6.30. The van der Waals surface area contributed by atoms with Crippen molar-refractivity contribution < 1.29 is 9.59 Å². The molecule has 0 fully saturated rings. The van der Waals surface area contributed by atoms with Crippen LogP contribution in [0.5, 0.6) is 0 Å². The van der Waals surface area contributed by atoms with E-state index in [2.05, 4.69) is 25.9 Å². The molecule has 2 aromatic carbocycles. The van der Waals surface area contributed by atoms with Gasteiger partial charge < -0.3 is 16.0 Å². The van der Waals surface area contributed by atoms with Gasteiger partial charge in [-0.25, -0.2) is 0 Å². The molecule has 2 amide bonds. The predicted molar refractivity (Wildman–Crippen MR) is 120 cm³/mol. The predicted octanol–water partition coefficient (Wildman–Crippen LogP) is 3.85. The Morgan fingerprint density at radius 2 is 1.74 bits per heavy atom. The third kappa shape index (κ3) is 4.59. The molecule has 0 aliphatic carbocycles. The molecule has 0 unspecified atom stereocenters. The summed E-state index contributed by atoms with van der Waals surface area (Å²) in [7, 11) is 0. The number of carbonyl (C=O) groups is 2. The van der Waals surface area contributed by atoms with Crippen LogP contribution in [0.15, 0.2) is 47.3 Å². The van der Waals surface area contributed by atoms with Gasteiger partial charge in [0.05, 0.1) is 11.5 Å². The van der Waals surface area contributed by atoms with Gasteiger partial charge in [0.25, 0.3) is 5.56 Å². The summed E-state index contributed by atoms with van der Waals surface area (Å²) in [5.74, 6) is -1.57. The molecule has 3 aromatic rings. The van der Waals surface area contributed by atoms with Crippen molar-refractivity contribution in [3.05, 3.63) is 74.5 Å². The van der Waals surface area contributed by atoms with Crippen molar-refractivity contribution in [2.45, 2.75) is 26.2 Å². The molecule has 9 heteroatoms. The van der Waals surface area contributed by atoms with Crippen LogP contribution in [-0.2, 0) is 9.59 Å². The third-order valence-electron chi connectivity index (χ3n) is 4.86. The van der Waals surface area contributed by atoms with Gasteiger partial charge in [0, 0.05) is 22.8 Å². The molecule has 1 atom stereocenters. The highest BCUT2D eigenvalue weighted by atomic mass is 35.5. The number of halogens is 1. The normalized spacial score (nSPS) is 15.1. The maximum atomic E-state index is 13.0. The second kappa shape index (κ2) is 8.23. The van der Waals surface area contributed by atoms with E-state index in [0.29, 0.717) is 16.4 Å². The second-order valence-corrected chi connectivity index (χ2v) is 7.92. The van der Waals surface area contributed by atoms with Gasteiger partial charge in [0.15, 0.2) is 0 Å². The Balaban J connectivity index is 1.64. The number of benzene rings is 2. The Hall–Kier alpha value is -3.65. The van der Waals surface area contributed by atoms with E-state index in [-0.39, 0.29) is 29.7 Å². The van der Waals surface area contributed by atoms with Gasteiger partial charge in [0.2, 0.25) is 17.8 Å². The molecule has 31 heavy (non-hydrogen) atoms. The first-order valence-corrected chi connectivity index (χ1v) is 10.0. The number of nitrogens with one attached hydrogen (secondary N) is 4. The molecule has 158 valence electrons. The van der Waals surface area contributed by atoms with Gasteiger partial charge in [0.1, 0.15) is 5.82 Å². The molecule has 1 aliphatic rings. The van der Waals surface area contributed by atoms with Gasteiger partial charge in [-0.15, -0.1) is 0 Å². The van der Waals surface area contributed by atoms with E-state index in [0.717, 1.165) is 11.1 Å². The Kier molecular flexibility index (Phi) is 5.48. The smallest absolute Gasteiger partial charge is 0.258 e. The summed E-state index contributed by atoms with van der Waals surface area (Å²) in [4.78, 5) is 45.0. The fraction of sp³-hybridized carbons (Fsp3) is 0.182. The van der Waals surface area contributed by atoms with Gasteiger partial charge >= 0.3 is 0 Å². The van der Waals surface area contributed by atoms with Crippen molar-refractivity contribution in [1.29, 1.82) is 0 Å². The van der Waals surface area contributed by atoms with E-state index in [9.17, 15) is 14.4 Å². The minimum absolute atomic E-state index is 0.0667. The molecule has 2 heterocycles. The second-order valence-electron chi connectivity index (χ2n) is 7.48. The number of hydrogen-bond acceptors (Lipinski definition) is 5. The molecule has 0 saturated carbocycles. The summed E-state index contributed by atoms with van der Waals surface area (Å²) in [6.45, 7) is 3.85. The number of aromatic nitrogens is 2. The molecule has 0 radical (unpaired) electrons. The number of nitrogens with zero attached hydrogens (tertiary/aromatic N) is 1. The Labute approximate surface area is 183 Å². The van der Waals surface area contributed by atoms with E-state index >= 15 is 0 Å². The summed E-state index contributed by atoms with van der Waals surface area (Å²) < 4.78 is 0. The molecular formula is C22H20ClN5O3. The zero-order valence-corrected chi connectivity index (χ0v) is 17.6. The lowest BCUT2D eigenvalue weighted by Crippen LogP contribution is -2.36. The number of rotatable bonds is 4. The standard InChI is InChI=1S/C22H20ClN5O3/c1-11-7-12(2)9-15(8-11)24-20(30)16-10-17(29)26-19-18(16)21(31)28-22(27-19)25-14-5-3-13(23)4-6-14/h3-9,16H,10H2,1-2H3,(H,24,30)(H3,25,26,27,28,29,31)/t16-/m0/s1. The number of H-pyrrole nitrogens is 1. The molecule has 0 bridgehead atoms. The number of amides is 2. The summed E-state index contributed by atoms with van der Waals surface area (Å²) in [6, 6.07) is 12.5. The fourth-order valence-corrected chi connectivity index (χ4v) is 3.73. The summed E-state index contributed by atoms with van der Waals surface area (Å²) in [6.07, 6.45) is -0.141. The number of fused-ring (bicyclic) bond motifs is 1. The van der Waals surface area contributed by atoms with Crippen LogP contribution >= 0.6 is 11.6 Å². The maximum Gasteiger partial charge on any atom is 0.258 e. The van der Waals surface area contributed by atoms with Crippen molar-refractivity contribution in [3.63, 3.8) is 0 Å². The van der Waals surface area contributed by atoms with Crippen LogP contribution in [0.2, 0.25) is 5.02 Å². The van der Waals surface area contributed by atoms with E-state index in [1.807, 2.05) is 32.0 Å². The van der Waals surface area contributed by atoms with Gasteiger partial charge in [-0.3, -0.25) is 19.4 Å². The quantitative estimate of drug-likeness (QED) is 0.494. The Morgan fingerprint density at radius 1 is 1.06 bits per heavy atom. The van der Waals surface area contributed by atoms with Crippen LogP contribution in [0.1, 0.15) is 29.0 Å². The van der Waals surface area contributed by atoms with Crippen LogP contribution in [0.25, 0.3) is 0 Å². The van der Waals surface area contributed by atoms with Crippen LogP contribution in [0, 0.1) is 13.8 Å². The first kappa shape index (κ1) is 20.6. The lowest BCUT2D eigenvalue weighted by atomic mass is 9.92. The monoisotopic (exact) mass is 437 g/mol. The zero-order chi connectivity index (χ0) is 22.1. The van der Waals surface area contributed by atoms with Crippen LogP contribution in [0.3, 0.4) is 0 Å². The molecule has 0 spiro atoms.